The number of halogens is 1. The van der Waals surface area contributed by atoms with Crippen molar-refractivity contribution in [3.8, 4) is 40.7 Å². The van der Waals surface area contributed by atoms with Gasteiger partial charge in [-0.3, -0.25) is 14.3 Å². The van der Waals surface area contributed by atoms with E-state index in [-0.39, 0.29) is 47.8 Å². The van der Waals surface area contributed by atoms with E-state index in [9.17, 15) is 21.6 Å². The van der Waals surface area contributed by atoms with E-state index >= 15 is 0 Å². The molecule has 0 aliphatic heterocycles. The van der Waals surface area contributed by atoms with Crippen LogP contribution in [0.25, 0.3) is 11.1 Å². The summed E-state index contributed by atoms with van der Waals surface area (Å²) >= 11 is 6.69. The van der Waals surface area contributed by atoms with Crippen molar-refractivity contribution in [1.29, 1.82) is 0 Å². The van der Waals surface area contributed by atoms with Crippen LogP contribution in [0.15, 0.2) is 71.9 Å². The highest BCUT2D eigenvalue weighted by atomic mass is 35.5. The average Bonchev–Trinajstić information content (AvgIpc) is 3.06. The summed E-state index contributed by atoms with van der Waals surface area (Å²) in [5.74, 6) is 1.98. The second-order valence-corrected chi connectivity index (χ2v) is 15.7. The Morgan fingerprint density at radius 2 is 1.61 bits per heavy atom. The number of benzene rings is 3. The molecule has 0 saturated carbocycles. The van der Waals surface area contributed by atoms with Gasteiger partial charge in [-0.15, -0.1) is 6.42 Å². The van der Waals surface area contributed by atoms with Gasteiger partial charge in [0.15, 0.2) is 9.84 Å². The average molecular weight is 756 g/mol. The van der Waals surface area contributed by atoms with Crippen molar-refractivity contribution in [2.75, 3.05) is 25.7 Å². The minimum Gasteiger partial charge on any atom is -0.488 e. The van der Waals surface area contributed by atoms with Crippen LogP contribution in [-0.4, -0.2) is 68.9 Å². The van der Waals surface area contributed by atoms with Gasteiger partial charge in [-0.05, 0) is 59.9 Å². The number of amides is 1. The third kappa shape index (κ3) is 10.4. The molecule has 0 bridgehead atoms. The van der Waals surface area contributed by atoms with Crippen LogP contribution < -0.4 is 19.9 Å². The Labute approximate surface area is 303 Å². The van der Waals surface area contributed by atoms with E-state index < -0.39 is 37.7 Å². The van der Waals surface area contributed by atoms with Crippen LogP contribution in [0.3, 0.4) is 0 Å². The van der Waals surface area contributed by atoms with Gasteiger partial charge < -0.3 is 24.8 Å². The van der Waals surface area contributed by atoms with Crippen molar-refractivity contribution in [2.45, 2.75) is 44.5 Å². The molecule has 270 valence electrons. The molecule has 12 nitrogen and oxygen atoms in total. The minimum atomic E-state index is -4.50. The Kier molecular flexibility index (Phi) is 12.7. The molecule has 1 atom stereocenters. The van der Waals surface area contributed by atoms with Crippen LogP contribution in [0.1, 0.15) is 27.8 Å². The highest BCUT2D eigenvalue weighted by molar-refractivity contribution is 7.90. The monoisotopic (exact) mass is 755 g/mol. The topological polar surface area (TPSA) is 175 Å². The Morgan fingerprint density at radius 1 is 0.941 bits per heavy atom. The fourth-order valence-corrected chi connectivity index (χ4v) is 6.69. The van der Waals surface area contributed by atoms with Gasteiger partial charge in [0.05, 0.1) is 15.7 Å². The number of hydrogen-bond donors (Lipinski definition) is 2. The van der Waals surface area contributed by atoms with Crippen molar-refractivity contribution in [1.82, 2.24) is 9.88 Å². The van der Waals surface area contributed by atoms with Crippen molar-refractivity contribution in [3.63, 3.8) is 0 Å². The maximum Gasteiger partial charge on any atom is 0.266 e. The fraction of sp³-hybridized carbons (Fsp3) is 0.278. The third-order valence-electron chi connectivity index (χ3n) is 7.91. The van der Waals surface area contributed by atoms with Crippen molar-refractivity contribution in [2.24, 2.45) is 5.73 Å². The first-order chi connectivity index (χ1) is 24.0. The summed E-state index contributed by atoms with van der Waals surface area (Å²) < 4.78 is 74.0. The fourth-order valence-electron chi connectivity index (χ4n) is 5.23. The summed E-state index contributed by atoms with van der Waals surface area (Å²) in [6, 6.07) is 14.7. The third-order valence-corrected chi connectivity index (χ3v) is 10.1. The van der Waals surface area contributed by atoms with Gasteiger partial charge in [0.25, 0.3) is 10.1 Å². The van der Waals surface area contributed by atoms with E-state index in [4.69, 9.17) is 42.5 Å². The van der Waals surface area contributed by atoms with Crippen LogP contribution in [0.2, 0.25) is 5.02 Å². The molecule has 1 heterocycles. The highest BCUT2D eigenvalue weighted by Gasteiger charge is 2.25. The Hall–Kier alpha value is -4.65. The summed E-state index contributed by atoms with van der Waals surface area (Å²) in [6.45, 7) is 4.02. The molecule has 0 spiro atoms. The lowest BCUT2D eigenvalue weighted by atomic mass is 9.93. The van der Waals surface area contributed by atoms with Gasteiger partial charge in [0, 0.05) is 49.4 Å². The molecule has 3 N–H and O–H groups in total. The summed E-state index contributed by atoms with van der Waals surface area (Å²) in [4.78, 5) is 18.0. The SMILES string of the molecule is C#CCOc1cccc(-c2cccc(COc3cc(OCc4cncc(S(C)(=O)=O)c4)c(CN(C)C(=O)[C@@H](N)CS(=O)(=O)O)cc3Cl)c2C)c1C. The smallest absolute Gasteiger partial charge is 0.266 e. The first-order valence-electron chi connectivity index (χ1n) is 15.4. The summed E-state index contributed by atoms with van der Waals surface area (Å²) in [5.41, 5.74) is 11.4. The number of aromatic nitrogens is 1. The molecule has 0 radical (unpaired) electrons. The number of hydrogen-bond acceptors (Lipinski definition) is 10. The molecule has 15 heteroatoms. The summed E-state index contributed by atoms with van der Waals surface area (Å²) in [7, 11) is -6.63. The number of ether oxygens (including phenoxy) is 3. The number of carbonyl (C=O) groups excluding carboxylic acids is 1. The standard InChI is InChI=1S/C36H38ClN3O9S2/c1-6-13-47-33-12-8-11-30(24(33)3)29-10-7-9-26(23(29)2)21-49-35-16-34(48-20-25-14-28(18-39-17-25)50(5,42)43)27(15-31(35)37)19-40(4)36(41)32(38)22-51(44,45)46/h1,7-12,14-18,32H,13,19-22,38H2,2-5H3,(H,44,45,46)/t32-/m0/s1. The molecular formula is C36H38ClN3O9S2. The van der Waals surface area contributed by atoms with Crippen molar-refractivity contribution in [3.05, 3.63) is 99.8 Å². The Bertz CT molecular complexity index is 2190. The Morgan fingerprint density at radius 3 is 2.27 bits per heavy atom. The zero-order valence-electron chi connectivity index (χ0n) is 28.4. The molecule has 0 fully saturated rings. The minimum absolute atomic E-state index is 0.0155. The number of likely N-dealkylation sites (N-methyl/N-ethyl adjacent to an activating group) is 1. The predicted molar refractivity (Wildman–Crippen MR) is 194 cm³/mol. The van der Waals surface area contributed by atoms with E-state index in [1.54, 1.807) is 12.1 Å². The molecule has 4 aromatic rings. The lowest BCUT2D eigenvalue weighted by Crippen LogP contribution is -2.45. The van der Waals surface area contributed by atoms with Gasteiger partial charge in [0.1, 0.15) is 43.1 Å². The van der Waals surface area contributed by atoms with E-state index in [2.05, 4.69) is 10.9 Å². The van der Waals surface area contributed by atoms with E-state index in [1.165, 1.54) is 30.4 Å². The number of terminal acetylenes is 1. The zero-order valence-corrected chi connectivity index (χ0v) is 30.8. The lowest BCUT2D eigenvalue weighted by molar-refractivity contribution is -0.131. The molecule has 1 amide bonds. The van der Waals surface area contributed by atoms with Crippen LogP contribution in [-0.2, 0) is 44.5 Å². The largest absolute Gasteiger partial charge is 0.488 e. The highest BCUT2D eigenvalue weighted by Crippen LogP contribution is 2.36. The molecule has 1 aromatic heterocycles. The number of nitrogens with two attached hydrogens (primary N) is 1. The summed E-state index contributed by atoms with van der Waals surface area (Å²) in [5, 5.41) is 0.198. The van der Waals surface area contributed by atoms with E-state index in [0.717, 1.165) is 34.1 Å². The number of carbonyl (C=O) groups is 1. The van der Waals surface area contributed by atoms with Crippen LogP contribution in [0.5, 0.6) is 17.2 Å². The molecule has 0 saturated heterocycles. The number of sulfone groups is 1. The second kappa shape index (κ2) is 16.6. The van der Waals surface area contributed by atoms with Crippen LogP contribution >= 0.6 is 11.6 Å². The Balaban J connectivity index is 1.64. The molecular weight excluding hydrogens is 718 g/mol. The molecule has 0 aliphatic carbocycles. The molecule has 51 heavy (non-hydrogen) atoms. The van der Waals surface area contributed by atoms with E-state index in [0.29, 0.717) is 16.9 Å². The van der Waals surface area contributed by atoms with Crippen molar-refractivity contribution >= 4 is 37.5 Å². The van der Waals surface area contributed by atoms with Gasteiger partial charge in [0.2, 0.25) is 5.91 Å². The summed E-state index contributed by atoms with van der Waals surface area (Å²) in [6.07, 6.45) is 9.14. The van der Waals surface area contributed by atoms with Gasteiger partial charge in [-0.25, -0.2) is 8.42 Å². The lowest BCUT2D eigenvalue weighted by Gasteiger charge is -2.23. The number of nitrogens with zero attached hydrogens (tertiary/aromatic N) is 2. The van der Waals surface area contributed by atoms with Gasteiger partial charge >= 0.3 is 0 Å². The molecule has 0 unspecified atom stereocenters. The first kappa shape index (κ1) is 39.1. The molecule has 4 rings (SSSR count). The van der Waals surface area contributed by atoms with Crippen LogP contribution in [0.4, 0.5) is 0 Å². The zero-order chi connectivity index (χ0) is 37.5. The van der Waals surface area contributed by atoms with Gasteiger partial charge in [-0.1, -0.05) is 47.9 Å². The van der Waals surface area contributed by atoms with Gasteiger partial charge in [-0.2, -0.15) is 8.42 Å². The maximum absolute atomic E-state index is 12.9. The molecule has 0 aliphatic rings. The maximum atomic E-state index is 12.9. The predicted octanol–water partition coefficient (Wildman–Crippen LogP) is 4.77. The van der Waals surface area contributed by atoms with E-state index in [1.807, 2.05) is 50.2 Å². The number of rotatable bonds is 15. The second-order valence-electron chi connectivity index (χ2n) is 11.8. The van der Waals surface area contributed by atoms with Crippen molar-refractivity contribution < 1.29 is 40.4 Å². The van der Waals surface area contributed by atoms with Crippen LogP contribution in [0, 0.1) is 26.2 Å². The quantitative estimate of drug-likeness (QED) is 0.126. The normalized spacial score (nSPS) is 12.1. The first-order valence-corrected chi connectivity index (χ1v) is 19.3. The number of pyridine rings is 1. The molecule has 3 aromatic carbocycles.